The fraction of sp³-hybridized carbons (Fsp3) is 0.526. The topological polar surface area (TPSA) is 24.9 Å². The third kappa shape index (κ3) is 3.82. The van der Waals surface area contributed by atoms with Crippen LogP contribution in [0.2, 0.25) is 0 Å². The SMILES string of the molecule is C[C@@H](NCc1ccc2ccccc2n1)C1CCCCCC1. The highest BCUT2D eigenvalue weighted by Gasteiger charge is 2.18. The molecule has 0 amide bonds. The number of aromatic nitrogens is 1. The maximum absolute atomic E-state index is 4.75. The number of fused-ring (bicyclic) bond motifs is 1. The molecule has 2 nitrogen and oxygen atoms in total. The van der Waals surface area contributed by atoms with Gasteiger partial charge in [-0.1, -0.05) is 49.9 Å². The van der Waals surface area contributed by atoms with Crippen LogP contribution in [-0.4, -0.2) is 11.0 Å². The van der Waals surface area contributed by atoms with Crippen molar-refractivity contribution < 1.29 is 0 Å². The quantitative estimate of drug-likeness (QED) is 0.823. The number of para-hydroxylation sites is 1. The van der Waals surface area contributed by atoms with Crippen LogP contribution in [0.25, 0.3) is 10.9 Å². The monoisotopic (exact) mass is 282 g/mol. The summed E-state index contributed by atoms with van der Waals surface area (Å²) in [4.78, 5) is 4.75. The van der Waals surface area contributed by atoms with Gasteiger partial charge in [-0.15, -0.1) is 0 Å². The standard InChI is InChI=1S/C19H26N2/c1-15(16-8-4-2-3-5-9-16)20-14-18-13-12-17-10-6-7-11-19(17)21-18/h6-7,10-13,15-16,20H,2-5,8-9,14H2,1H3/t15-/m1/s1. The molecular weight excluding hydrogens is 256 g/mol. The second-order valence-corrected chi connectivity index (χ2v) is 6.42. The highest BCUT2D eigenvalue weighted by atomic mass is 14.9. The summed E-state index contributed by atoms with van der Waals surface area (Å²) >= 11 is 0. The molecule has 0 unspecified atom stereocenters. The third-order valence-electron chi connectivity index (χ3n) is 4.87. The van der Waals surface area contributed by atoms with Crippen molar-refractivity contribution >= 4 is 10.9 Å². The van der Waals surface area contributed by atoms with E-state index in [1.165, 1.54) is 43.9 Å². The van der Waals surface area contributed by atoms with Gasteiger partial charge in [0.05, 0.1) is 11.2 Å². The minimum atomic E-state index is 0.594. The first-order chi connectivity index (χ1) is 10.3. The van der Waals surface area contributed by atoms with Crippen LogP contribution in [0.1, 0.15) is 51.1 Å². The fourth-order valence-electron chi connectivity index (χ4n) is 3.45. The molecule has 0 aliphatic heterocycles. The maximum atomic E-state index is 4.75. The first-order valence-electron chi connectivity index (χ1n) is 8.41. The fourth-order valence-corrected chi connectivity index (χ4v) is 3.45. The molecule has 0 spiro atoms. The summed E-state index contributed by atoms with van der Waals surface area (Å²) in [5.41, 5.74) is 2.24. The summed E-state index contributed by atoms with van der Waals surface area (Å²) in [6, 6.07) is 13.2. The van der Waals surface area contributed by atoms with Crippen molar-refractivity contribution in [3.8, 4) is 0 Å². The Bertz CT molecular complexity index is 571. The Hall–Kier alpha value is -1.41. The summed E-state index contributed by atoms with van der Waals surface area (Å²) < 4.78 is 0. The molecule has 1 aliphatic rings. The van der Waals surface area contributed by atoms with Crippen LogP contribution in [0, 0.1) is 5.92 Å². The minimum Gasteiger partial charge on any atom is -0.308 e. The van der Waals surface area contributed by atoms with Crippen molar-refractivity contribution in [1.29, 1.82) is 0 Å². The second kappa shape index (κ2) is 7.04. The van der Waals surface area contributed by atoms with Gasteiger partial charge in [0.25, 0.3) is 0 Å². The molecule has 2 aromatic rings. The van der Waals surface area contributed by atoms with E-state index >= 15 is 0 Å². The molecule has 1 aromatic heterocycles. The van der Waals surface area contributed by atoms with E-state index in [1.807, 2.05) is 0 Å². The van der Waals surface area contributed by atoms with E-state index in [0.717, 1.165) is 23.7 Å². The van der Waals surface area contributed by atoms with Gasteiger partial charge in [-0.25, -0.2) is 0 Å². The summed E-state index contributed by atoms with van der Waals surface area (Å²) in [6.07, 6.45) is 8.44. The summed E-state index contributed by atoms with van der Waals surface area (Å²) in [7, 11) is 0. The molecule has 21 heavy (non-hydrogen) atoms. The van der Waals surface area contributed by atoms with Crippen LogP contribution in [0.5, 0.6) is 0 Å². The molecule has 1 aromatic carbocycles. The molecule has 0 radical (unpaired) electrons. The van der Waals surface area contributed by atoms with Gasteiger partial charge in [-0.2, -0.15) is 0 Å². The lowest BCUT2D eigenvalue weighted by Gasteiger charge is -2.23. The molecule has 1 fully saturated rings. The molecule has 0 bridgehead atoms. The Kier molecular flexibility index (Phi) is 4.87. The van der Waals surface area contributed by atoms with Crippen molar-refractivity contribution in [3.05, 3.63) is 42.1 Å². The van der Waals surface area contributed by atoms with Crippen molar-refractivity contribution in [3.63, 3.8) is 0 Å². The summed E-state index contributed by atoms with van der Waals surface area (Å²) in [5.74, 6) is 0.841. The van der Waals surface area contributed by atoms with E-state index in [2.05, 4.69) is 48.6 Å². The second-order valence-electron chi connectivity index (χ2n) is 6.42. The van der Waals surface area contributed by atoms with Crippen molar-refractivity contribution in [2.24, 2.45) is 5.92 Å². The van der Waals surface area contributed by atoms with E-state index in [-0.39, 0.29) is 0 Å². The predicted molar refractivity (Wildman–Crippen MR) is 89.2 cm³/mol. The van der Waals surface area contributed by atoms with Gasteiger partial charge >= 0.3 is 0 Å². The first kappa shape index (κ1) is 14.5. The normalized spacial score (nSPS) is 18.5. The van der Waals surface area contributed by atoms with Crippen LogP contribution >= 0.6 is 0 Å². The van der Waals surface area contributed by atoms with Gasteiger partial charge in [0.2, 0.25) is 0 Å². The Morgan fingerprint density at radius 1 is 1.05 bits per heavy atom. The zero-order valence-electron chi connectivity index (χ0n) is 13.0. The van der Waals surface area contributed by atoms with E-state index < -0.39 is 0 Å². The Morgan fingerprint density at radius 3 is 2.62 bits per heavy atom. The molecule has 1 aliphatic carbocycles. The van der Waals surface area contributed by atoms with E-state index in [4.69, 9.17) is 4.98 Å². The Balaban J connectivity index is 1.60. The number of nitrogens with zero attached hydrogens (tertiary/aromatic N) is 1. The van der Waals surface area contributed by atoms with Crippen LogP contribution in [-0.2, 0) is 6.54 Å². The van der Waals surface area contributed by atoms with Gasteiger partial charge in [0.15, 0.2) is 0 Å². The molecule has 112 valence electrons. The van der Waals surface area contributed by atoms with Crippen LogP contribution in [0.15, 0.2) is 36.4 Å². The number of hydrogen-bond acceptors (Lipinski definition) is 2. The molecule has 1 atom stereocenters. The zero-order valence-corrected chi connectivity index (χ0v) is 13.0. The lowest BCUT2D eigenvalue weighted by Crippen LogP contribution is -2.33. The number of rotatable bonds is 4. The van der Waals surface area contributed by atoms with Crippen molar-refractivity contribution in [2.75, 3.05) is 0 Å². The highest BCUT2D eigenvalue weighted by molar-refractivity contribution is 5.78. The molecule has 2 heteroatoms. The van der Waals surface area contributed by atoms with Crippen molar-refractivity contribution in [1.82, 2.24) is 10.3 Å². The van der Waals surface area contributed by atoms with Gasteiger partial charge in [0.1, 0.15) is 0 Å². The molecule has 1 saturated carbocycles. The lowest BCUT2D eigenvalue weighted by molar-refractivity contribution is 0.336. The summed E-state index contributed by atoms with van der Waals surface area (Å²) in [5, 5.41) is 4.92. The molecule has 3 rings (SSSR count). The number of nitrogens with one attached hydrogen (secondary N) is 1. The van der Waals surface area contributed by atoms with Gasteiger partial charge in [0, 0.05) is 18.0 Å². The van der Waals surface area contributed by atoms with E-state index in [9.17, 15) is 0 Å². The molecular formula is C19H26N2. The van der Waals surface area contributed by atoms with Crippen molar-refractivity contribution in [2.45, 2.75) is 58.0 Å². The number of pyridine rings is 1. The van der Waals surface area contributed by atoms with Crippen LogP contribution < -0.4 is 5.32 Å². The number of benzene rings is 1. The smallest absolute Gasteiger partial charge is 0.0705 e. The third-order valence-corrected chi connectivity index (χ3v) is 4.87. The van der Waals surface area contributed by atoms with Gasteiger partial charge in [-0.3, -0.25) is 4.98 Å². The molecule has 1 heterocycles. The number of hydrogen-bond donors (Lipinski definition) is 1. The Labute approximate surface area is 128 Å². The van der Waals surface area contributed by atoms with Crippen LogP contribution in [0.4, 0.5) is 0 Å². The van der Waals surface area contributed by atoms with Gasteiger partial charge in [-0.05, 0) is 37.8 Å². The highest BCUT2D eigenvalue weighted by Crippen LogP contribution is 2.25. The molecule has 0 saturated heterocycles. The predicted octanol–water partition coefficient (Wildman–Crippen LogP) is 4.68. The van der Waals surface area contributed by atoms with Crippen LogP contribution in [0.3, 0.4) is 0 Å². The lowest BCUT2D eigenvalue weighted by atomic mass is 9.93. The largest absolute Gasteiger partial charge is 0.308 e. The molecule has 1 N–H and O–H groups in total. The minimum absolute atomic E-state index is 0.594. The maximum Gasteiger partial charge on any atom is 0.0705 e. The van der Waals surface area contributed by atoms with E-state index in [0.29, 0.717) is 6.04 Å². The van der Waals surface area contributed by atoms with Gasteiger partial charge < -0.3 is 5.32 Å². The zero-order chi connectivity index (χ0) is 14.5. The summed E-state index contributed by atoms with van der Waals surface area (Å²) in [6.45, 7) is 3.22. The average molecular weight is 282 g/mol. The first-order valence-corrected chi connectivity index (χ1v) is 8.41. The van der Waals surface area contributed by atoms with E-state index in [1.54, 1.807) is 0 Å². The Morgan fingerprint density at radius 2 is 1.81 bits per heavy atom. The average Bonchev–Trinajstić information content (AvgIpc) is 2.81.